The molecule has 1 aliphatic carbocycles. The number of benzene rings is 1. The maximum atomic E-state index is 13.7. The van der Waals surface area contributed by atoms with Crippen molar-refractivity contribution in [2.75, 3.05) is 17.2 Å². The lowest BCUT2D eigenvalue weighted by atomic mass is 9.85. The predicted molar refractivity (Wildman–Crippen MR) is 97.6 cm³/mol. The van der Waals surface area contributed by atoms with Crippen LogP contribution in [0, 0.1) is 11.7 Å². The third-order valence-corrected chi connectivity index (χ3v) is 5.84. The summed E-state index contributed by atoms with van der Waals surface area (Å²) in [6, 6.07) is 5.75. The van der Waals surface area contributed by atoms with Crippen LogP contribution in [0.25, 0.3) is 0 Å². The Morgan fingerprint density at radius 3 is 2.77 bits per heavy atom. The van der Waals surface area contributed by atoms with Gasteiger partial charge in [-0.1, -0.05) is 29.9 Å². The lowest BCUT2D eigenvalue weighted by Gasteiger charge is -2.26. The first-order valence-corrected chi connectivity index (χ1v) is 9.51. The van der Waals surface area contributed by atoms with Crippen LogP contribution in [0.2, 0.25) is 0 Å². The van der Waals surface area contributed by atoms with Gasteiger partial charge in [0.25, 0.3) is 0 Å². The fraction of sp³-hybridized carbons (Fsp3) is 0.389. The standard InChI is InChI=1S/C18H19FN4O2S/c19-12-6-1-2-7-13(12)21-18(25)23-9-8-14-15(10-23)26-17(20-14)22-16(24)11-4-3-5-11/h1-2,6-7,11H,3-5,8-10H2,(H,21,25)(H,20,22,24). The Morgan fingerprint density at radius 1 is 1.23 bits per heavy atom. The van der Waals surface area contributed by atoms with Crippen LogP contribution in [-0.2, 0) is 17.8 Å². The van der Waals surface area contributed by atoms with Gasteiger partial charge in [-0.25, -0.2) is 14.2 Å². The number of amides is 3. The highest BCUT2D eigenvalue weighted by molar-refractivity contribution is 7.15. The van der Waals surface area contributed by atoms with Crippen LogP contribution in [0.15, 0.2) is 24.3 Å². The van der Waals surface area contributed by atoms with Crippen molar-refractivity contribution < 1.29 is 14.0 Å². The zero-order valence-electron chi connectivity index (χ0n) is 14.1. The molecule has 1 fully saturated rings. The molecule has 0 atom stereocenters. The SMILES string of the molecule is O=C(Nc1nc2c(s1)CN(C(=O)Nc1ccccc1F)CC2)C1CCC1. The first-order valence-electron chi connectivity index (χ1n) is 8.70. The van der Waals surface area contributed by atoms with Gasteiger partial charge in [-0.05, 0) is 25.0 Å². The lowest BCUT2D eigenvalue weighted by molar-refractivity contribution is -0.122. The smallest absolute Gasteiger partial charge is 0.319 e. The number of nitrogens with one attached hydrogen (secondary N) is 2. The van der Waals surface area contributed by atoms with Crippen LogP contribution in [0.3, 0.4) is 0 Å². The van der Waals surface area contributed by atoms with Crippen molar-refractivity contribution in [1.82, 2.24) is 9.88 Å². The molecule has 1 aromatic carbocycles. The number of hydrogen-bond acceptors (Lipinski definition) is 4. The summed E-state index contributed by atoms with van der Waals surface area (Å²) >= 11 is 1.41. The summed E-state index contributed by atoms with van der Waals surface area (Å²) in [7, 11) is 0. The molecule has 2 N–H and O–H groups in total. The highest BCUT2D eigenvalue weighted by Crippen LogP contribution is 2.31. The lowest BCUT2D eigenvalue weighted by Crippen LogP contribution is -2.38. The number of nitrogens with zero attached hydrogens (tertiary/aromatic N) is 2. The van der Waals surface area contributed by atoms with Gasteiger partial charge in [-0.2, -0.15) is 0 Å². The Kier molecular flexibility index (Phi) is 4.58. The van der Waals surface area contributed by atoms with Crippen molar-refractivity contribution >= 4 is 34.1 Å². The van der Waals surface area contributed by atoms with E-state index in [2.05, 4.69) is 15.6 Å². The van der Waals surface area contributed by atoms with Crippen LogP contribution in [-0.4, -0.2) is 28.4 Å². The maximum Gasteiger partial charge on any atom is 0.322 e. The molecule has 3 amide bonds. The summed E-state index contributed by atoms with van der Waals surface area (Å²) in [5.41, 5.74) is 1.09. The summed E-state index contributed by atoms with van der Waals surface area (Å²) in [6.07, 6.45) is 3.62. The van der Waals surface area contributed by atoms with E-state index >= 15 is 0 Å². The van der Waals surface area contributed by atoms with E-state index in [1.54, 1.807) is 17.0 Å². The van der Waals surface area contributed by atoms with Gasteiger partial charge in [0, 0.05) is 23.8 Å². The highest BCUT2D eigenvalue weighted by atomic mass is 32.1. The molecule has 1 aliphatic heterocycles. The molecule has 6 nitrogen and oxygen atoms in total. The second-order valence-corrected chi connectivity index (χ2v) is 7.67. The number of hydrogen-bond donors (Lipinski definition) is 2. The fourth-order valence-electron chi connectivity index (χ4n) is 3.06. The number of anilines is 2. The molecular weight excluding hydrogens is 355 g/mol. The zero-order chi connectivity index (χ0) is 18.1. The normalized spacial score (nSPS) is 16.6. The number of carbonyl (C=O) groups is 2. The van der Waals surface area contributed by atoms with Crippen LogP contribution in [0.5, 0.6) is 0 Å². The second kappa shape index (κ2) is 7.03. The van der Waals surface area contributed by atoms with Crippen LogP contribution >= 0.6 is 11.3 Å². The molecule has 1 aromatic heterocycles. The molecule has 1 saturated carbocycles. The molecule has 0 unspecified atom stereocenters. The summed E-state index contributed by atoms with van der Waals surface area (Å²) in [5, 5.41) is 6.10. The van der Waals surface area contributed by atoms with Crippen LogP contribution < -0.4 is 10.6 Å². The van der Waals surface area contributed by atoms with Crippen molar-refractivity contribution in [3.8, 4) is 0 Å². The van der Waals surface area contributed by atoms with E-state index in [0.29, 0.717) is 24.6 Å². The minimum Gasteiger partial charge on any atom is -0.319 e. The molecular formula is C18H19FN4O2S. The summed E-state index contributed by atoms with van der Waals surface area (Å²) < 4.78 is 13.7. The molecule has 2 heterocycles. The number of urea groups is 1. The van der Waals surface area contributed by atoms with Gasteiger partial charge in [-0.15, -0.1) is 0 Å². The monoisotopic (exact) mass is 374 g/mol. The average molecular weight is 374 g/mol. The highest BCUT2D eigenvalue weighted by Gasteiger charge is 2.28. The third-order valence-electron chi connectivity index (χ3n) is 4.84. The Balaban J connectivity index is 1.40. The van der Waals surface area contributed by atoms with E-state index in [9.17, 15) is 14.0 Å². The summed E-state index contributed by atoms with van der Waals surface area (Å²) in [5.74, 6) is -0.312. The minimum absolute atomic E-state index is 0.0384. The summed E-state index contributed by atoms with van der Waals surface area (Å²) in [6.45, 7) is 0.916. The number of halogens is 1. The molecule has 8 heteroatoms. The van der Waals surface area contributed by atoms with E-state index < -0.39 is 5.82 Å². The van der Waals surface area contributed by atoms with Crippen molar-refractivity contribution in [3.63, 3.8) is 0 Å². The molecule has 0 bridgehead atoms. The maximum absolute atomic E-state index is 13.7. The molecule has 4 rings (SSSR count). The number of aromatic nitrogens is 1. The van der Waals surface area contributed by atoms with Gasteiger partial charge in [0.05, 0.1) is 17.9 Å². The molecule has 2 aromatic rings. The molecule has 26 heavy (non-hydrogen) atoms. The molecule has 0 radical (unpaired) electrons. The van der Waals surface area contributed by atoms with Crippen LogP contribution in [0.4, 0.5) is 20.0 Å². The fourth-order valence-corrected chi connectivity index (χ4v) is 4.08. The first-order chi connectivity index (χ1) is 12.6. The van der Waals surface area contributed by atoms with Gasteiger partial charge in [0.2, 0.25) is 5.91 Å². The van der Waals surface area contributed by atoms with Crippen molar-refractivity contribution in [2.24, 2.45) is 5.92 Å². The van der Waals surface area contributed by atoms with Gasteiger partial charge < -0.3 is 15.5 Å². The number of rotatable bonds is 3. The molecule has 2 aliphatic rings. The minimum atomic E-state index is -0.461. The van der Waals surface area contributed by atoms with Gasteiger partial charge in [0.1, 0.15) is 5.82 Å². The van der Waals surface area contributed by atoms with E-state index in [1.807, 2.05) is 0 Å². The molecule has 136 valence electrons. The summed E-state index contributed by atoms with van der Waals surface area (Å²) in [4.78, 5) is 31.6. The quantitative estimate of drug-likeness (QED) is 0.862. The Labute approximate surface area is 154 Å². The number of carbonyl (C=O) groups excluding carboxylic acids is 2. The van der Waals surface area contributed by atoms with Gasteiger partial charge in [0.15, 0.2) is 5.13 Å². The second-order valence-electron chi connectivity index (χ2n) is 6.59. The van der Waals surface area contributed by atoms with E-state index in [1.165, 1.54) is 23.5 Å². The topological polar surface area (TPSA) is 74.3 Å². The van der Waals surface area contributed by atoms with Crippen molar-refractivity contribution in [3.05, 3.63) is 40.7 Å². The van der Waals surface area contributed by atoms with Crippen molar-refractivity contribution in [1.29, 1.82) is 0 Å². The predicted octanol–water partition coefficient (Wildman–Crippen LogP) is 3.61. The first kappa shape index (κ1) is 17.0. The van der Waals surface area contributed by atoms with Crippen molar-refractivity contribution in [2.45, 2.75) is 32.2 Å². The number of para-hydroxylation sites is 1. The molecule has 0 spiro atoms. The Hall–Kier alpha value is -2.48. The van der Waals surface area contributed by atoms with E-state index in [4.69, 9.17) is 0 Å². The van der Waals surface area contributed by atoms with Crippen LogP contribution in [0.1, 0.15) is 29.8 Å². The van der Waals surface area contributed by atoms with E-state index in [-0.39, 0.29) is 23.5 Å². The average Bonchev–Trinajstić information content (AvgIpc) is 2.96. The molecule has 0 saturated heterocycles. The Morgan fingerprint density at radius 2 is 2.04 bits per heavy atom. The Bertz CT molecular complexity index is 849. The number of thiazole rings is 1. The largest absolute Gasteiger partial charge is 0.322 e. The zero-order valence-corrected chi connectivity index (χ0v) is 14.9. The van der Waals surface area contributed by atoms with Gasteiger partial charge >= 0.3 is 6.03 Å². The van der Waals surface area contributed by atoms with E-state index in [0.717, 1.165) is 29.8 Å². The third kappa shape index (κ3) is 3.41. The van der Waals surface area contributed by atoms with Gasteiger partial charge in [-0.3, -0.25) is 4.79 Å². The number of fused-ring (bicyclic) bond motifs is 1.